The molecule has 5 nitrogen and oxygen atoms in total. The molecule has 0 spiro atoms. The fraction of sp³-hybridized carbons (Fsp3) is 0.579. The van der Waals surface area contributed by atoms with Crippen LogP contribution in [-0.4, -0.2) is 64.9 Å². The van der Waals surface area contributed by atoms with Crippen molar-refractivity contribution in [3.05, 3.63) is 35.6 Å². The molecule has 3 aliphatic rings. The zero-order valence-corrected chi connectivity index (χ0v) is 14.4. The van der Waals surface area contributed by atoms with Crippen LogP contribution in [-0.2, 0) is 11.2 Å². The van der Waals surface area contributed by atoms with Crippen molar-refractivity contribution < 1.29 is 14.0 Å². The first-order valence-corrected chi connectivity index (χ1v) is 9.21. The molecule has 3 aliphatic heterocycles. The van der Waals surface area contributed by atoms with Gasteiger partial charge in [-0.15, -0.1) is 0 Å². The van der Waals surface area contributed by atoms with Crippen molar-refractivity contribution >= 4 is 11.9 Å². The van der Waals surface area contributed by atoms with E-state index in [9.17, 15) is 14.0 Å². The Kier molecular flexibility index (Phi) is 4.36. The molecule has 4 rings (SSSR count). The van der Waals surface area contributed by atoms with E-state index in [0.717, 1.165) is 44.3 Å². The summed E-state index contributed by atoms with van der Waals surface area (Å²) < 4.78 is 13.0. The van der Waals surface area contributed by atoms with Gasteiger partial charge in [0.05, 0.1) is 12.5 Å². The van der Waals surface area contributed by atoms with Crippen molar-refractivity contribution in [1.29, 1.82) is 0 Å². The van der Waals surface area contributed by atoms with E-state index in [-0.39, 0.29) is 23.8 Å². The van der Waals surface area contributed by atoms with Gasteiger partial charge in [0.25, 0.3) is 0 Å². The average molecular weight is 345 g/mol. The standard InChI is InChI=1S/C19H24FN3O2/c20-15-5-3-14(4-6-15)12-18(24)21-10-7-16(8-11-21)23-13-17-2-1-9-22(17)19(23)25/h3-6,16-17H,1-2,7-13H2. The van der Waals surface area contributed by atoms with Crippen LogP contribution >= 0.6 is 0 Å². The average Bonchev–Trinajstić information content (AvgIpc) is 3.20. The maximum atomic E-state index is 13.0. The number of likely N-dealkylation sites (tertiary alicyclic amines) is 1. The van der Waals surface area contributed by atoms with Gasteiger partial charge in [0.1, 0.15) is 5.82 Å². The predicted octanol–water partition coefficient (Wildman–Crippen LogP) is 2.26. The fourth-order valence-electron chi connectivity index (χ4n) is 4.37. The quantitative estimate of drug-likeness (QED) is 0.843. The largest absolute Gasteiger partial charge is 0.342 e. The maximum absolute atomic E-state index is 13.0. The molecular weight excluding hydrogens is 321 g/mol. The molecule has 1 unspecified atom stereocenters. The molecule has 3 heterocycles. The molecule has 3 amide bonds. The number of hydrogen-bond acceptors (Lipinski definition) is 2. The molecule has 6 heteroatoms. The summed E-state index contributed by atoms with van der Waals surface area (Å²) in [5.41, 5.74) is 0.837. The van der Waals surface area contributed by atoms with E-state index >= 15 is 0 Å². The van der Waals surface area contributed by atoms with Crippen LogP contribution in [0.25, 0.3) is 0 Å². The van der Waals surface area contributed by atoms with Crippen molar-refractivity contribution in [2.75, 3.05) is 26.2 Å². The minimum atomic E-state index is -0.284. The van der Waals surface area contributed by atoms with Crippen molar-refractivity contribution in [2.24, 2.45) is 0 Å². The zero-order chi connectivity index (χ0) is 17.4. The molecule has 0 radical (unpaired) electrons. The summed E-state index contributed by atoms with van der Waals surface area (Å²) in [6.07, 6.45) is 4.25. The summed E-state index contributed by atoms with van der Waals surface area (Å²) in [5, 5.41) is 0. The van der Waals surface area contributed by atoms with Gasteiger partial charge in [-0.25, -0.2) is 9.18 Å². The summed E-state index contributed by atoms with van der Waals surface area (Å²) in [4.78, 5) is 30.9. The molecule has 25 heavy (non-hydrogen) atoms. The van der Waals surface area contributed by atoms with Crippen molar-refractivity contribution in [3.8, 4) is 0 Å². The third-order valence-electron chi connectivity index (χ3n) is 5.80. The molecule has 134 valence electrons. The number of urea groups is 1. The van der Waals surface area contributed by atoms with Gasteiger partial charge in [-0.05, 0) is 43.4 Å². The fourth-order valence-corrected chi connectivity index (χ4v) is 4.37. The number of fused-ring (bicyclic) bond motifs is 1. The lowest BCUT2D eigenvalue weighted by molar-refractivity contribution is -0.131. The molecular formula is C19H24FN3O2. The second-order valence-electron chi connectivity index (χ2n) is 7.34. The Bertz CT molecular complexity index is 655. The lowest BCUT2D eigenvalue weighted by Gasteiger charge is -2.36. The molecule has 1 atom stereocenters. The van der Waals surface area contributed by atoms with Gasteiger partial charge >= 0.3 is 6.03 Å². The van der Waals surface area contributed by atoms with Crippen LogP contribution in [0, 0.1) is 5.82 Å². The summed E-state index contributed by atoms with van der Waals surface area (Å²) in [5.74, 6) is -0.203. The molecule has 1 aromatic rings. The Balaban J connectivity index is 1.30. The van der Waals surface area contributed by atoms with Crippen LogP contribution in [0.15, 0.2) is 24.3 Å². The van der Waals surface area contributed by atoms with Gasteiger partial charge in [0.2, 0.25) is 5.91 Å². The first-order valence-electron chi connectivity index (χ1n) is 9.21. The minimum absolute atomic E-state index is 0.0819. The topological polar surface area (TPSA) is 43.9 Å². The van der Waals surface area contributed by atoms with Gasteiger partial charge in [-0.2, -0.15) is 0 Å². The maximum Gasteiger partial charge on any atom is 0.320 e. The van der Waals surface area contributed by atoms with Gasteiger partial charge < -0.3 is 14.7 Å². The van der Waals surface area contributed by atoms with Crippen molar-refractivity contribution in [2.45, 2.75) is 44.2 Å². The number of carbonyl (C=O) groups excluding carboxylic acids is 2. The van der Waals surface area contributed by atoms with E-state index in [1.807, 2.05) is 14.7 Å². The first-order chi connectivity index (χ1) is 12.1. The number of nitrogens with zero attached hydrogens (tertiary/aromatic N) is 3. The summed E-state index contributed by atoms with van der Waals surface area (Å²) in [6.45, 7) is 3.14. The highest BCUT2D eigenvalue weighted by Crippen LogP contribution is 2.30. The smallest absolute Gasteiger partial charge is 0.320 e. The Morgan fingerprint density at radius 2 is 1.72 bits per heavy atom. The second kappa shape index (κ2) is 6.65. The lowest BCUT2D eigenvalue weighted by Crippen LogP contribution is -2.48. The third-order valence-corrected chi connectivity index (χ3v) is 5.80. The molecule has 3 fully saturated rings. The van der Waals surface area contributed by atoms with Crippen LogP contribution in [0.5, 0.6) is 0 Å². The molecule has 0 saturated carbocycles. The normalized spacial score (nSPS) is 24.1. The van der Waals surface area contributed by atoms with Gasteiger partial charge in [-0.1, -0.05) is 12.1 Å². The zero-order valence-electron chi connectivity index (χ0n) is 14.4. The Hall–Kier alpha value is -2.11. The summed E-state index contributed by atoms with van der Waals surface area (Å²) in [6, 6.07) is 6.96. The van der Waals surface area contributed by atoms with Crippen LogP contribution < -0.4 is 0 Å². The summed E-state index contributed by atoms with van der Waals surface area (Å²) >= 11 is 0. The van der Waals surface area contributed by atoms with Gasteiger partial charge in [-0.3, -0.25) is 4.79 Å². The first kappa shape index (κ1) is 16.4. The van der Waals surface area contributed by atoms with E-state index in [2.05, 4.69) is 0 Å². The minimum Gasteiger partial charge on any atom is -0.342 e. The Labute approximate surface area is 147 Å². The van der Waals surface area contributed by atoms with E-state index in [1.54, 1.807) is 12.1 Å². The van der Waals surface area contributed by atoms with E-state index in [1.165, 1.54) is 12.1 Å². The second-order valence-corrected chi connectivity index (χ2v) is 7.34. The van der Waals surface area contributed by atoms with Gasteiger partial charge in [0.15, 0.2) is 0 Å². The lowest BCUT2D eigenvalue weighted by atomic mass is 10.0. The molecule has 0 aliphatic carbocycles. The molecule has 3 saturated heterocycles. The molecule has 0 aromatic heterocycles. The van der Waals surface area contributed by atoms with E-state index in [0.29, 0.717) is 25.6 Å². The number of carbonyl (C=O) groups is 2. The molecule has 0 N–H and O–H groups in total. The number of rotatable bonds is 3. The monoisotopic (exact) mass is 345 g/mol. The Morgan fingerprint density at radius 3 is 2.40 bits per heavy atom. The highest BCUT2D eigenvalue weighted by atomic mass is 19.1. The van der Waals surface area contributed by atoms with Crippen LogP contribution in [0.4, 0.5) is 9.18 Å². The van der Waals surface area contributed by atoms with Crippen molar-refractivity contribution in [3.63, 3.8) is 0 Å². The summed E-state index contributed by atoms with van der Waals surface area (Å²) in [7, 11) is 0. The number of halogens is 1. The highest BCUT2D eigenvalue weighted by molar-refractivity contribution is 5.79. The molecule has 0 bridgehead atoms. The SMILES string of the molecule is O=C(Cc1ccc(F)cc1)N1CCC(N2CC3CCCN3C2=O)CC1. The van der Waals surface area contributed by atoms with E-state index in [4.69, 9.17) is 0 Å². The third kappa shape index (κ3) is 3.22. The number of amides is 3. The van der Waals surface area contributed by atoms with Crippen LogP contribution in [0.3, 0.4) is 0 Å². The van der Waals surface area contributed by atoms with Crippen LogP contribution in [0.1, 0.15) is 31.2 Å². The van der Waals surface area contributed by atoms with E-state index < -0.39 is 0 Å². The van der Waals surface area contributed by atoms with Gasteiger partial charge in [0, 0.05) is 32.2 Å². The number of piperidine rings is 1. The predicted molar refractivity (Wildman–Crippen MR) is 91.5 cm³/mol. The highest BCUT2D eigenvalue weighted by Gasteiger charge is 2.43. The van der Waals surface area contributed by atoms with Crippen LogP contribution in [0.2, 0.25) is 0 Å². The molecule has 1 aromatic carbocycles. The number of benzene rings is 1. The Morgan fingerprint density at radius 1 is 1.00 bits per heavy atom. The van der Waals surface area contributed by atoms with Crippen molar-refractivity contribution in [1.82, 2.24) is 14.7 Å². The number of hydrogen-bond donors (Lipinski definition) is 0.